The summed E-state index contributed by atoms with van der Waals surface area (Å²) in [6, 6.07) is 7.12. The predicted molar refractivity (Wildman–Crippen MR) is 70.6 cm³/mol. The van der Waals surface area contributed by atoms with E-state index in [0.717, 1.165) is 30.5 Å². The minimum Gasteiger partial charge on any atom is -0.327 e. The molecule has 0 radical (unpaired) electrons. The number of aromatic nitrogens is 1. The molecular formula is C15H16F2N2. The Hall–Kier alpha value is -1.81. The van der Waals surface area contributed by atoms with Gasteiger partial charge >= 0.3 is 0 Å². The average molecular weight is 262 g/mol. The quantitative estimate of drug-likeness (QED) is 0.900. The second-order valence-electron chi connectivity index (χ2n) is 4.59. The number of benzene rings is 1. The lowest BCUT2D eigenvalue weighted by molar-refractivity contribution is 0.553. The summed E-state index contributed by atoms with van der Waals surface area (Å²) in [5, 5.41) is 0. The smallest absolute Gasteiger partial charge is 0.126 e. The monoisotopic (exact) mass is 262 g/mol. The maximum Gasteiger partial charge on any atom is 0.126 e. The van der Waals surface area contributed by atoms with Gasteiger partial charge in [0.15, 0.2) is 0 Å². The van der Waals surface area contributed by atoms with Gasteiger partial charge in [0.2, 0.25) is 0 Å². The lowest BCUT2D eigenvalue weighted by Gasteiger charge is -2.12. The highest BCUT2D eigenvalue weighted by Crippen LogP contribution is 2.13. The molecule has 1 aromatic heterocycles. The van der Waals surface area contributed by atoms with Crippen molar-refractivity contribution in [2.24, 2.45) is 5.73 Å². The number of aryl methyl sites for hydroxylation is 1. The Balaban J connectivity index is 1.90. The minimum absolute atomic E-state index is 0.190. The van der Waals surface area contributed by atoms with Crippen LogP contribution < -0.4 is 5.73 Å². The van der Waals surface area contributed by atoms with E-state index in [2.05, 4.69) is 4.98 Å². The SMILES string of the molecule is NC(CCc1ccncc1)Cc1cc(F)ccc1F. The van der Waals surface area contributed by atoms with Crippen LogP contribution in [0.15, 0.2) is 42.7 Å². The Morgan fingerprint density at radius 2 is 1.84 bits per heavy atom. The van der Waals surface area contributed by atoms with Crippen molar-refractivity contribution < 1.29 is 8.78 Å². The summed E-state index contributed by atoms with van der Waals surface area (Å²) in [7, 11) is 0. The summed E-state index contributed by atoms with van der Waals surface area (Å²) in [5.74, 6) is -0.835. The second-order valence-corrected chi connectivity index (χ2v) is 4.59. The van der Waals surface area contributed by atoms with Crippen molar-refractivity contribution >= 4 is 0 Å². The first kappa shape index (κ1) is 13.6. The molecule has 1 aromatic carbocycles. The Morgan fingerprint density at radius 3 is 2.58 bits per heavy atom. The molecule has 0 spiro atoms. The van der Waals surface area contributed by atoms with E-state index in [1.54, 1.807) is 12.4 Å². The molecule has 0 aliphatic carbocycles. The van der Waals surface area contributed by atoms with E-state index in [9.17, 15) is 8.78 Å². The summed E-state index contributed by atoms with van der Waals surface area (Å²) in [5.41, 5.74) is 7.45. The fourth-order valence-corrected chi connectivity index (χ4v) is 1.99. The third-order valence-electron chi connectivity index (χ3n) is 3.04. The van der Waals surface area contributed by atoms with Crippen LogP contribution in [-0.4, -0.2) is 11.0 Å². The van der Waals surface area contributed by atoms with Crippen LogP contribution in [0.2, 0.25) is 0 Å². The van der Waals surface area contributed by atoms with Gasteiger partial charge in [-0.05, 0) is 60.7 Å². The highest BCUT2D eigenvalue weighted by Gasteiger charge is 2.09. The zero-order valence-corrected chi connectivity index (χ0v) is 10.5. The standard InChI is InChI=1S/C15H16F2N2/c16-13-2-4-15(17)12(9-13)10-14(18)3-1-11-5-7-19-8-6-11/h2,4-9,14H,1,3,10,18H2. The van der Waals surface area contributed by atoms with Gasteiger partial charge in [-0.3, -0.25) is 4.98 Å². The van der Waals surface area contributed by atoms with Gasteiger partial charge in [-0.2, -0.15) is 0 Å². The first-order valence-electron chi connectivity index (χ1n) is 6.23. The largest absolute Gasteiger partial charge is 0.327 e. The number of hydrogen-bond donors (Lipinski definition) is 1. The van der Waals surface area contributed by atoms with Crippen LogP contribution in [-0.2, 0) is 12.8 Å². The molecule has 2 aromatic rings. The van der Waals surface area contributed by atoms with Crippen molar-refractivity contribution in [2.45, 2.75) is 25.3 Å². The Bertz CT molecular complexity index is 529. The maximum atomic E-state index is 13.5. The molecule has 0 fully saturated rings. The Morgan fingerprint density at radius 1 is 1.11 bits per heavy atom. The molecule has 100 valence electrons. The number of halogens is 2. The van der Waals surface area contributed by atoms with Gasteiger partial charge in [-0.1, -0.05) is 0 Å². The van der Waals surface area contributed by atoms with Gasteiger partial charge in [-0.25, -0.2) is 8.78 Å². The van der Waals surface area contributed by atoms with Crippen molar-refractivity contribution in [3.63, 3.8) is 0 Å². The first-order chi connectivity index (χ1) is 9.15. The van der Waals surface area contributed by atoms with Gasteiger partial charge in [0, 0.05) is 18.4 Å². The zero-order valence-electron chi connectivity index (χ0n) is 10.5. The number of nitrogens with zero attached hydrogens (tertiary/aromatic N) is 1. The van der Waals surface area contributed by atoms with E-state index in [-0.39, 0.29) is 6.04 Å². The molecule has 0 saturated carbocycles. The number of nitrogens with two attached hydrogens (primary N) is 1. The topological polar surface area (TPSA) is 38.9 Å². The van der Waals surface area contributed by atoms with Crippen molar-refractivity contribution in [3.8, 4) is 0 Å². The van der Waals surface area contributed by atoms with E-state index < -0.39 is 11.6 Å². The molecule has 4 heteroatoms. The summed E-state index contributed by atoms with van der Waals surface area (Å²) < 4.78 is 26.5. The molecule has 1 atom stereocenters. The first-order valence-corrected chi connectivity index (χ1v) is 6.23. The number of pyridine rings is 1. The normalized spacial score (nSPS) is 12.4. The van der Waals surface area contributed by atoms with Crippen molar-refractivity contribution in [1.82, 2.24) is 4.98 Å². The second kappa shape index (κ2) is 6.38. The van der Waals surface area contributed by atoms with Crippen LogP contribution in [0.4, 0.5) is 8.78 Å². The van der Waals surface area contributed by atoms with Gasteiger partial charge in [0.25, 0.3) is 0 Å². The van der Waals surface area contributed by atoms with E-state index >= 15 is 0 Å². The van der Waals surface area contributed by atoms with Crippen LogP contribution in [0.5, 0.6) is 0 Å². The van der Waals surface area contributed by atoms with Gasteiger partial charge < -0.3 is 5.73 Å². The van der Waals surface area contributed by atoms with Crippen molar-refractivity contribution in [2.75, 3.05) is 0 Å². The molecule has 19 heavy (non-hydrogen) atoms. The van der Waals surface area contributed by atoms with Crippen LogP contribution >= 0.6 is 0 Å². The molecule has 0 aliphatic heterocycles. The molecule has 2 N–H and O–H groups in total. The Kier molecular flexibility index (Phi) is 4.58. The van der Waals surface area contributed by atoms with Crippen molar-refractivity contribution in [1.29, 1.82) is 0 Å². The number of rotatable bonds is 5. The van der Waals surface area contributed by atoms with Crippen LogP contribution in [0.1, 0.15) is 17.5 Å². The highest BCUT2D eigenvalue weighted by atomic mass is 19.1. The van der Waals surface area contributed by atoms with E-state index in [1.165, 1.54) is 6.07 Å². The van der Waals surface area contributed by atoms with Gasteiger partial charge in [0.1, 0.15) is 11.6 Å². The fourth-order valence-electron chi connectivity index (χ4n) is 1.99. The zero-order chi connectivity index (χ0) is 13.7. The average Bonchev–Trinajstić information content (AvgIpc) is 2.42. The lowest BCUT2D eigenvalue weighted by Crippen LogP contribution is -2.24. The third kappa shape index (κ3) is 4.10. The molecule has 2 nitrogen and oxygen atoms in total. The molecule has 0 amide bonds. The Labute approximate surface area is 111 Å². The van der Waals surface area contributed by atoms with E-state index in [1.807, 2.05) is 12.1 Å². The molecule has 1 heterocycles. The van der Waals surface area contributed by atoms with Crippen molar-refractivity contribution in [3.05, 3.63) is 65.5 Å². The van der Waals surface area contributed by atoms with Gasteiger partial charge in [-0.15, -0.1) is 0 Å². The molecular weight excluding hydrogens is 246 g/mol. The molecule has 0 aliphatic rings. The van der Waals surface area contributed by atoms with Gasteiger partial charge in [0.05, 0.1) is 0 Å². The van der Waals surface area contributed by atoms with Crippen LogP contribution in [0, 0.1) is 11.6 Å². The van der Waals surface area contributed by atoms with E-state index in [4.69, 9.17) is 5.73 Å². The minimum atomic E-state index is -0.433. The summed E-state index contributed by atoms with van der Waals surface area (Å²) >= 11 is 0. The summed E-state index contributed by atoms with van der Waals surface area (Å²) in [6.07, 6.45) is 5.33. The highest BCUT2D eigenvalue weighted by molar-refractivity contribution is 5.20. The predicted octanol–water partition coefficient (Wildman–Crippen LogP) is 2.86. The summed E-state index contributed by atoms with van der Waals surface area (Å²) in [4.78, 5) is 3.94. The molecule has 2 rings (SSSR count). The molecule has 0 bridgehead atoms. The van der Waals surface area contributed by atoms with Crippen LogP contribution in [0.3, 0.4) is 0 Å². The summed E-state index contributed by atoms with van der Waals surface area (Å²) in [6.45, 7) is 0. The van der Waals surface area contributed by atoms with E-state index in [0.29, 0.717) is 12.0 Å². The lowest BCUT2D eigenvalue weighted by atomic mass is 10.00. The number of hydrogen-bond acceptors (Lipinski definition) is 2. The van der Waals surface area contributed by atoms with Crippen LogP contribution in [0.25, 0.3) is 0 Å². The maximum absolute atomic E-state index is 13.5. The molecule has 1 unspecified atom stereocenters. The molecule has 0 saturated heterocycles. The third-order valence-corrected chi connectivity index (χ3v) is 3.04. The fraction of sp³-hybridized carbons (Fsp3) is 0.267.